The number of benzene rings is 1. The average molecular weight is 287 g/mol. The molecule has 4 nitrogen and oxygen atoms in total. The molecule has 1 atom stereocenters. The van der Waals surface area contributed by atoms with Crippen molar-refractivity contribution in [3.8, 4) is 11.6 Å². The van der Waals surface area contributed by atoms with E-state index in [4.69, 9.17) is 4.74 Å². The van der Waals surface area contributed by atoms with Gasteiger partial charge in [0, 0.05) is 11.8 Å². The molecule has 110 valence electrons. The molecule has 1 N–H and O–H groups in total. The summed E-state index contributed by atoms with van der Waals surface area (Å²) in [6.45, 7) is 2.87. The first kappa shape index (κ1) is 13.9. The Morgan fingerprint density at radius 3 is 2.86 bits per heavy atom. The van der Waals surface area contributed by atoms with Gasteiger partial charge in [-0.3, -0.25) is 0 Å². The highest BCUT2D eigenvalue weighted by atomic mass is 19.1. The fraction of sp³-hybridized carbons (Fsp3) is 0.375. The first-order valence-electron chi connectivity index (χ1n) is 7.24. The molecule has 0 radical (unpaired) electrons. The molecule has 1 aliphatic heterocycles. The third-order valence-corrected chi connectivity index (χ3v) is 3.52. The van der Waals surface area contributed by atoms with Crippen LogP contribution in [0.25, 0.3) is 0 Å². The Morgan fingerprint density at radius 1 is 1.24 bits per heavy atom. The van der Waals surface area contributed by atoms with E-state index in [9.17, 15) is 4.39 Å². The molecule has 0 bridgehead atoms. The standard InChI is InChI=1S/C16H18FN3O/c1-11-10-15(21-14-8-3-2-6-12(14)17)20-16(19-11)13-7-4-5-9-18-13/h2-3,6,8,10,13,18H,4-5,7,9H2,1H3/t13-/m1/s1. The zero-order valence-electron chi connectivity index (χ0n) is 12.0. The summed E-state index contributed by atoms with van der Waals surface area (Å²) >= 11 is 0. The number of aryl methyl sites for hydroxylation is 1. The largest absolute Gasteiger partial charge is 0.436 e. The minimum Gasteiger partial charge on any atom is -0.436 e. The first-order valence-corrected chi connectivity index (χ1v) is 7.24. The summed E-state index contributed by atoms with van der Waals surface area (Å²) in [7, 11) is 0. The van der Waals surface area contributed by atoms with Crippen LogP contribution < -0.4 is 10.1 Å². The minimum absolute atomic E-state index is 0.154. The van der Waals surface area contributed by atoms with Crippen molar-refractivity contribution in [2.24, 2.45) is 0 Å². The molecule has 2 aromatic rings. The molecule has 1 fully saturated rings. The number of aromatic nitrogens is 2. The van der Waals surface area contributed by atoms with Gasteiger partial charge in [0.1, 0.15) is 5.82 Å². The Balaban J connectivity index is 1.85. The predicted octanol–water partition coefficient (Wildman–Crippen LogP) is 3.53. The molecule has 0 unspecified atom stereocenters. The number of rotatable bonds is 3. The molecular formula is C16H18FN3O. The van der Waals surface area contributed by atoms with Gasteiger partial charge in [-0.2, -0.15) is 4.98 Å². The smallest absolute Gasteiger partial charge is 0.222 e. The van der Waals surface area contributed by atoms with Gasteiger partial charge in [0.15, 0.2) is 11.6 Å². The lowest BCUT2D eigenvalue weighted by atomic mass is 10.0. The molecule has 3 rings (SSSR count). The van der Waals surface area contributed by atoms with Crippen molar-refractivity contribution in [3.05, 3.63) is 47.7 Å². The number of ether oxygens (including phenoxy) is 1. The summed E-state index contributed by atoms with van der Waals surface area (Å²) in [5.41, 5.74) is 0.818. The van der Waals surface area contributed by atoms with Crippen LogP contribution in [0.15, 0.2) is 30.3 Å². The van der Waals surface area contributed by atoms with E-state index in [1.165, 1.54) is 18.9 Å². The zero-order chi connectivity index (χ0) is 14.7. The summed E-state index contributed by atoms with van der Waals surface area (Å²) in [5, 5.41) is 3.41. The molecular weight excluding hydrogens is 269 g/mol. The molecule has 0 spiro atoms. The van der Waals surface area contributed by atoms with Gasteiger partial charge in [0.2, 0.25) is 5.88 Å². The van der Waals surface area contributed by atoms with E-state index in [1.807, 2.05) is 6.92 Å². The Kier molecular flexibility index (Phi) is 4.10. The number of hydrogen-bond acceptors (Lipinski definition) is 4. The van der Waals surface area contributed by atoms with Gasteiger partial charge < -0.3 is 10.1 Å². The van der Waals surface area contributed by atoms with Crippen LogP contribution in [0.1, 0.15) is 36.8 Å². The van der Waals surface area contributed by atoms with Crippen LogP contribution in [0.4, 0.5) is 4.39 Å². The van der Waals surface area contributed by atoms with Crippen LogP contribution in [-0.2, 0) is 0 Å². The maximum atomic E-state index is 13.7. The van der Waals surface area contributed by atoms with Crippen molar-refractivity contribution in [1.82, 2.24) is 15.3 Å². The van der Waals surface area contributed by atoms with Crippen molar-refractivity contribution >= 4 is 0 Å². The van der Waals surface area contributed by atoms with E-state index < -0.39 is 5.82 Å². The zero-order valence-corrected chi connectivity index (χ0v) is 12.0. The Bertz CT molecular complexity index is 627. The summed E-state index contributed by atoms with van der Waals surface area (Å²) in [5.74, 6) is 0.889. The van der Waals surface area contributed by atoms with Crippen molar-refractivity contribution < 1.29 is 9.13 Å². The Labute approximate surface area is 123 Å². The second kappa shape index (κ2) is 6.18. The van der Waals surface area contributed by atoms with Gasteiger partial charge in [-0.05, 0) is 38.4 Å². The number of nitrogens with zero attached hydrogens (tertiary/aromatic N) is 2. The maximum Gasteiger partial charge on any atom is 0.222 e. The quantitative estimate of drug-likeness (QED) is 0.938. The first-order chi connectivity index (χ1) is 10.2. The highest BCUT2D eigenvalue weighted by molar-refractivity contribution is 5.29. The normalized spacial score (nSPS) is 18.5. The van der Waals surface area contributed by atoms with Gasteiger partial charge in [0.05, 0.1) is 6.04 Å². The minimum atomic E-state index is -0.397. The number of para-hydroxylation sites is 1. The van der Waals surface area contributed by atoms with Crippen molar-refractivity contribution in [2.45, 2.75) is 32.2 Å². The lowest BCUT2D eigenvalue weighted by Gasteiger charge is -2.22. The summed E-state index contributed by atoms with van der Waals surface area (Å²) < 4.78 is 19.2. The van der Waals surface area contributed by atoms with E-state index in [0.717, 1.165) is 24.5 Å². The van der Waals surface area contributed by atoms with E-state index in [2.05, 4.69) is 15.3 Å². The molecule has 1 aliphatic rings. The van der Waals surface area contributed by atoms with Crippen LogP contribution in [0.3, 0.4) is 0 Å². The maximum absolute atomic E-state index is 13.7. The molecule has 2 heterocycles. The summed E-state index contributed by atoms with van der Waals surface area (Å²) in [6, 6.07) is 8.19. The molecule has 1 aromatic heterocycles. The van der Waals surface area contributed by atoms with Crippen LogP contribution in [0.5, 0.6) is 11.6 Å². The molecule has 1 aromatic carbocycles. The Hall–Kier alpha value is -2.01. The third-order valence-electron chi connectivity index (χ3n) is 3.52. The van der Waals surface area contributed by atoms with Gasteiger partial charge in [-0.1, -0.05) is 18.6 Å². The average Bonchev–Trinajstić information content (AvgIpc) is 2.50. The van der Waals surface area contributed by atoms with Crippen LogP contribution in [-0.4, -0.2) is 16.5 Å². The lowest BCUT2D eigenvalue weighted by Crippen LogP contribution is -2.28. The molecule has 21 heavy (non-hydrogen) atoms. The monoisotopic (exact) mass is 287 g/mol. The fourth-order valence-electron chi connectivity index (χ4n) is 2.48. The second-order valence-electron chi connectivity index (χ2n) is 5.24. The predicted molar refractivity (Wildman–Crippen MR) is 77.8 cm³/mol. The number of piperidine rings is 1. The SMILES string of the molecule is Cc1cc(Oc2ccccc2F)nc([C@H]2CCCCN2)n1. The number of halogens is 1. The number of nitrogens with one attached hydrogen (secondary N) is 1. The highest BCUT2D eigenvalue weighted by Gasteiger charge is 2.19. The van der Waals surface area contributed by atoms with Crippen molar-refractivity contribution in [3.63, 3.8) is 0 Å². The van der Waals surface area contributed by atoms with Gasteiger partial charge in [-0.15, -0.1) is 0 Å². The molecule has 5 heteroatoms. The summed E-state index contributed by atoms with van der Waals surface area (Å²) in [4.78, 5) is 8.91. The van der Waals surface area contributed by atoms with E-state index >= 15 is 0 Å². The van der Waals surface area contributed by atoms with Crippen LogP contribution in [0.2, 0.25) is 0 Å². The third kappa shape index (κ3) is 3.36. The molecule has 0 aliphatic carbocycles. The van der Waals surface area contributed by atoms with Gasteiger partial charge >= 0.3 is 0 Å². The van der Waals surface area contributed by atoms with E-state index in [0.29, 0.717) is 5.88 Å². The van der Waals surface area contributed by atoms with Gasteiger partial charge in [-0.25, -0.2) is 9.37 Å². The topological polar surface area (TPSA) is 47.0 Å². The van der Waals surface area contributed by atoms with Crippen LogP contribution >= 0.6 is 0 Å². The fourth-order valence-corrected chi connectivity index (χ4v) is 2.48. The van der Waals surface area contributed by atoms with E-state index in [-0.39, 0.29) is 11.8 Å². The second-order valence-corrected chi connectivity index (χ2v) is 5.24. The lowest BCUT2D eigenvalue weighted by molar-refractivity contribution is 0.383. The molecule has 0 saturated carbocycles. The van der Waals surface area contributed by atoms with Gasteiger partial charge in [0.25, 0.3) is 0 Å². The van der Waals surface area contributed by atoms with E-state index in [1.54, 1.807) is 24.3 Å². The van der Waals surface area contributed by atoms with Crippen molar-refractivity contribution in [2.75, 3.05) is 6.54 Å². The Morgan fingerprint density at radius 2 is 2.10 bits per heavy atom. The highest BCUT2D eigenvalue weighted by Crippen LogP contribution is 2.26. The van der Waals surface area contributed by atoms with Crippen LogP contribution in [0, 0.1) is 12.7 Å². The van der Waals surface area contributed by atoms with Crippen molar-refractivity contribution in [1.29, 1.82) is 0 Å². The summed E-state index contributed by atoms with van der Waals surface area (Å²) in [6.07, 6.45) is 3.36. The molecule has 0 amide bonds. The number of hydrogen-bond donors (Lipinski definition) is 1. The molecule has 1 saturated heterocycles.